The first kappa shape index (κ1) is 32.5. The lowest BCUT2D eigenvalue weighted by atomic mass is 9.88. The molecule has 0 aromatic heterocycles. The fourth-order valence-electron chi connectivity index (χ4n) is 5.57. The zero-order valence-corrected chi connectivity index (χ0v) is 23.3. The summed E-state index contributed by atoms with van der Waals surface area (Å²) in [6, 6.07) is 6.08. The van der Waals surface area contributed by atoms with Crippen molar-refractivity contribution in [2.24, 2.45) is 11.8 Å². The normalized spacial score (nSPS) is 40.3. The van der Waals surface area contributed by atoms with E-state index < -0.39 is 98.7 Å². The molecule has 1 aromatic rings. The molecule has 2 saturated heterocycles. The molecule has 0 bridgehead atoms. The second-order valence-corrected chi connectivity index (χ2v) is 10.9. The van der Waals surface area contributed by atoms with Crippen molar-refractivity contribution in [2.75, 3.05) is 19.8 Å². The van der Waals surface area contributed by atoms with E-state index in [1.54, 1.807) is 24.3 Å². The number of esters is 1. The first-order valence-electron chi connectivity index (χ1n) is 14.0. The Kier molecular flexibility index (Phi) is 10.3. The number of carbonyl (C=O) groups excluding carboxylic acids is 1. The maximum absolute atomic E-state index is 12.3. The molecule has 0 spiro atoms. The summed E-state index contributed by atoms with van der Waals surface area (Å²) in [6.07, 6.45) is -8.13. The minimum absolute atomic E-state index is 0.0724. The Bertz CT molecular complexity index is 1220. The smallest absolute Gasteiger partial charge is 0.331 e. The molecule has 1 aliphatic carbocycles. The maximum atomic E-state index is 12.3. The predicted octanol–water partition coefficient (Wildman–Crippen LogP) is -2.37. The highest BCUT2D eigenvalue weighted by atomic mass is 16.8. The van der Waals surface area contributed by atoms with E-state index >= 15 is 0 Å². The molecule has 15 nitrogen and oxygen atoms in total. The largest absolute Gasteiger partial charge is 0.508 e. The molecule has 8 N–H and O–H groups in total. The van der Waals surface area contributed by atoms with E-state index in [1.165, 1.54) is 24.5 Å². The molecule has 44 heavy (non-hydrogen) atoms. The van der Waals surface area contributed by atoms with Gasteiger partial charge in [0.05, 0.1) is 38.1 Å². The number of rotatable bonds is 9. The highest BCUT2D eigenvalue weighted by Crippen LogP contribution is 2.43. The number of hydrogen-bond acceptors (Lipinski definition) is 15. The number of aromatic hydroxyl groups is 1. The number of ether oxygens (including phenoxy) is 6. The standard InChI is InChI=1S/C29H36O15/c30-10-14-9-17(16-7-8-39-27(21(14)16)44-29-26(38)24(36)22(34)18(11-31)43-29)42-28-25(37)23(35)19(12-40-28)41-20(33)6-3-13-1-4-15(32)5-2-13/h1-9,16-19,21-32,34-38H,10-12H2. The van der Waals surface area contributed by atoms with Crippen molar-refractivity contribution >= 4 is 12.0 Å². The van der Waals surface area contributed by atoms with Gasteiger partial charge in [0.1, 0.15) is 42.4 Å². The Morgan fingerprint density at radius 2 is 1.64 bits per heavy atom. The Morgan fingerprint density at radius 3 is 2.34 bits per heavy atom. The van der Waals surface area contributed by atoms with Crippen LogP contribution in [0.15, 0.2) is 54.3 Å². The van der Waals surface area contributed by atoms with Gasteiger partial charge in [-0.05, 0) is 35.4 Å². The fraction of sp³-hybridized carbons (Fsp3) is 0.552. The fourth-order valence-corrected chi connectivity index (χ4v) is 5.57. The Labute approximate surface area is 251 Å². The van der Waals surface area contributed by atoms with Gasteiger partial charge in [0.2, 0.25) is 6.29 Å². The number of benzene rings is 1. The van der Waals surface area contributed by atoms with Crippen LogP contribution in [-0.4, -0.2) is 134 Å². The molecule has 0 radical (unpaired) electrons. The van der Waals surface area contributed by atoms with Crippen LogP contribution in [0.2, 0.25) is 0 Å². The molecule has 3 aliphatic heterocycles. The van der Waals surface area contributed by atoms with Crippen LogP contribution in [0.1, 0.15) is 5.56 Å². The van der Waals surface area contributed by atoms with Crippen LogP contribution in [0.3, 0.4) is 0 Å². The first-order chi connectivity index (χ1) is 21.1. The molecule has 4 aliphatic rings. The average molecular weight is 625 g/mol. The van der Waals surface area contributed by atoms with Crippen LogP contribution in [0, 0.1) is 11.8 Å². The van der Waals surface area contributed by atoms with E-state index in [0.717, 1.165) is 6.08 Å². The molecular weight excluding hydrogens is 588 g/mol. The Morgan fingerprint density at radius 1 is 0.909 bits per heavy atom. The lowest BCUT2D eigenvalue weighted by Crippen LogP contribution is -2.60. The molecular formula is C29H36O15. The molecule has 1 aromatic carbocycles. The SMILES string of the molecule is O=C(C=Cc1ccc(O)cc1)OC1COC(OC2C=C(CO)C3C(OC4OC(CO)C(O)C(O)C4O)OC=CC23)C(O)C1O. The molecule has 2 fully saturated rings. The Hall–Kier alpha value is -2.93. The van der Waals surface area contributed by atoms with E-state index in [9.17, 15) is 45.6 Å². The van der Waals surface area contributed by atoms with Crippen molar-refractivity contribution in [2.45, 2.75) is 67.7 Å². The van der Waals surface area contributed by atoms with E-state index in [1.807, 2.05) is 0 Å². The molecule has 0 saturated carbocycles. The summed E-state index contributed by atoms with van der Waals surface area (Å²) >= 11 is 0. The zero-order chi connectivity index (χ0) is 31.5. The summed E-state index contributed by atoms with van der Waals surface area (Å²) in [6.45, 7) is -1.37. The maximum Gasteiger partial charge on any atom is 0.331 e. The van der Waals surface area contributed by atoms with Gasteiger partial charge in [-0.3, -0.25) is 0 Å². The van der Waals surface area contributed by atoms with Crippen LogP contribution in [-0.2, 0) is 33.2 Å². The van der Waals surface area contributed by atoms with Crippen molar-refractivity contribution in [3.8, 4) is 5.75 Å². The topological polar surface area (TPSA) is 234 Å². The summed E-state index contributed by atoms with van der Waals surface area (Å²) in [4.78, 5) is 12.3. The van der Waals surface area contributed by atoms with E-state index in [2.05, 4.69) is 0 Å². The second-order valence-electron chi connectivity index (χ2n) is 10.9. The summed E-state index contributed by atoms with van der Waals surface area (Å²) in [7, 11) is 0. The lowest BCUT2D eigenvalue weighted by molar-refractivity contribution is -0.340. The van der Waals surface area contributed by atoms with Gasteiger partial charge >= 0.3 is 5.97 Å². The number of phenolic OH excluding ortho intramolecular Hbond substituents is 1. The highest BCUT2D eigenvalue weighted by molar-refractivity contribution is 5.87. The van der Waals surface area contributed by atoms with Crippen molar-refractivity contribution in [1.82, 2.24) is 0 Å². The van der Waals surface area contributed by atoms with E-state index in [4.69, 9.17) is 28.4 Å². The molecule has 5 rings (SSSR count). The number of fused-ring (bicyclic) bond motifs is 1. The van der Waals surface area contributed by atoms with E-state index in [-0.39, 0.29) is 12.4 Å². The summed E-state index contributed by atoms with van der Waals surface area (Å²) in [5.41, 5.74) is 1.05. The van der Waals surface area contributed by atoms with Crippen molar-refractivity contribution in [1.29, 1.82) is 0 Å². The van der Waals surface area contributed by atoms with Gasteiger partial charge in [-0.2, -0.15) is 0 Å². The molecule has 13 atom stereocenters. The molecule has 13 unspecified atom stereocenters. The predicted molar refractivity (Wildman–Crippen MR) is 145 cm³/mol. The average Bonchev–Trinajstić information content (AvgIpc) is 3.39. The summed E-state index contributed by atoms with van der Waals surface area (Å²) < 4.78 is 33.7. The zero-order valence-electron chi connectivity index (χ0n) is 23.3. The molecule has 3 heterocycles. The lowest BCUT2D eigenvalue weighted by Gasteiger charge is -2.43. The van der Waals surface area contributed by atoms with Gasteiger partial charge < -0.3 is 69.3 Å². The molecule has 0 amide bonds. The molecule has 242 valence electrons. The van der Waals surface area contributed by atoms with Crippen molar-refractivity contribution in [3.05, 3.63) is 59.9 Å². The van der Waals surface area contributed by atoms with Crippen LogP contribution in [0.4, 0.5) is 0 Å². The number of hydrogen-bond donors (Lipinski definition) is 8. The third-order valence-electron chi connectivity index (χ3n) is 8.00. The van der Waals surface area contributed by atoms with E-state index in [0.29, 0.717) is 11.1 Å². The Balaban J connectivity index is 1.19. The van der Waals surface area contributed by atoms with Crippen molar-refractivity contribution < 1.29 is 74.1 Å². The summed E-state index contributed by atoms with van der Waals surface area (Å²) in [5.74, 6) is -1.93. The number of carbonyl (C=O) groups is 1. The third kappa shape index (κ3) is 6.83. The number of aliphatic hydroxyl groups excluding tert-OH is 7. The van der Waals surface area contributed by atoms with Crippen LogP contribution < -0.4 is 0 Å². The molecule has 15 heteroatoms. The summed E-state index contributed by atoms with van der Waals surface area (Å²) in [5, 5.41) is 80.8. The monoisotopic (exact) mass is 624 g/mol. The van der Waals surface area contributed by atoms with Crippen LogP contribution >= 0.6 is 0 Å². The minimum atomic E-state index is -1.67. The van der Waals surface area contributed by atoms with Crippen molar-refractivity contribution in [3.63, 3.8) is 0 Å². The first-order valence-corrected chi connectivity index (χ1v) is 14.0. The minimum Gasteiger partial charge on any atom is -0.508 e. The van der Waals surface area contributed by atoms with Crippen LogP contribution in [0.5, 0.6) is 5.75 Å². The van der Waals surface area contributed by atoms with Crippen LogP contribution in [0.25, 0.3) is 6.08 Å². The second kappa shape index (κ2) is 14.0. The quantitative estimate of drug-likeness (QED) is 0.0815. The third-order valence-corrected chi connectivity index (χ3v) is 8.00. The van der Waals surface area contributed by atoms with Gasteiger partial charge in [-0.15, -0.1) is 0 Å². The van der Waals surface area contributed by atoms with Gasteiger partial charge in [0.25, 0.3) is 0 Å². The van der Waals surface area contributed by atoms with Gasteiger partial charge in [0.15, 0.2) is 18.7 Å². The number of phenols is 1. The highest BCUT2D eigenvalue weighted by Gasteiger charge is 2.51. The van der Waals surface area contributed by atoms with Gasteiger partial charge in [-0.1, -0.05) is 18.2 Å². The van der Waals surface area contributed by atoms with Gasteiger partial charge in [0, 0.05) is 12.0 Å². The van der Waals surface area contributed by atoms with Gasteiger partial charge in [-0.25, -0.2) is 4.79 Å². The number of aliphatic hydroxyl groups is 7.